The van der Waals surface area contributed by atoms with Crippen molar-refractivity contribution < 1.29 is 17.9 Å². The van der Waals surface area contributed by atoms with Crippen LogP contribution in [-0.2, 0) is 10.8 Å². The van der Waals surface area contributed by atoms with E-state index in [9.17, 15) is 0 Å². The fourth-order valence-corrected chi connectivity index (χ4v) is 13.2. The zero-order chi connectivity index (χ0) is 50.7. The Kier molecular flexibility index (Phi) is 16.2. The lowest BCUT2D eigenvalue weighted by Crippen LogP contribution is -2.47. The Morgan fingerprint density at radius 1 is 0.352 bits per heavy atom. The zero-order valence-corrected chi connectivity index (χ0v) is 47.3. The number of rotatable bonds is 26. The first-order valence-corrected chi connectivity index (χ1v) is 28.7. The van der Waals surface area contributed by atoms with Crippen molar-refractivity contribution in [3.05, 3.63) is 119 Å². The SMILES string of the molecule is CCCC[N+](C)(C)CCC1(CC[N+](C)(C)CCCC)c2ccccc2-c2ccc(-c3ccc(-c4ccc5c(c4)C(CC[N+](C)(C)CCCC)(CC[N+](C)(C)CCCC)c4ccccc4-5)c4nsnc34)cc21. The first kappa shape index (κ1) is 53.1. The third-order valence-electron chi connectivity index (χ3n) is 17.6. The van der Waals surface area contributed by atoms with E-state index in [2.05, 4.69) is 181 Å². The van der Waals surface area contributed by atoms with Crippen LogP contribution in [0.1, 0.15) is 127 Å². The Bertz CT molecular complexity index is 2520. The average Bonchev–Trinajstić information content (AvgIpc) is 4.04. The molecule has 0 fully saturated rings. The van der Waals surface area contributed by atoms with E-state index >= 15 is 0 Å². The maximum atomic E-state index is 5.16. The van der Waals surface area contributed by atoms with Crippen molar-refractivity contribution in [3.63, 3.8) is 0 Å². The molecular weight excluding hydrogens is 885 g/mol. The molecule has 6 aromatic rings. The Morgan fingerprint density at radius 2 is 0.648 bits per heavy atom. The molecule has 0 atom stereocenters. The highest BCUT2D eigenvalue weighted by Gasteiger charge is 2.47. The number of hydrogen-bond acceptors (Lipinski definition) is 3. The van der Waals surface area contributed by atoms with E-state index in [1.54, 1.807) is 0 Å². The van der Waals surface area contributed by atoms with Gasteiger partial charge in [-0.05, 0) is 93.5 Å². The van der Waals surface area contributed by atoms with Gasteiger partial charge in [-0.25, -0.2) is 0 Å². The maximum Gasteiger partial charge on any atom is 0.113 e. The molecule has 6 nitrogen and oxygen atoms in total. The van der Waals surface area contributed by atoms with Crippen LogP contribution >= 0.6 is 11.7 Å². The van der Waals surface area contributed by atoms with Gasteiger partial charge in [-0.2, -0.15) is 8.75 Å². The van der Waals surface area contributed by atoms with Crippen molar-refractivity contribution in [2.75, 3.05) is 109 Å². The normalized spacial score (nSPS) is 15.0. The number of benzene rings is 5. The predicted octanol–water partition coefficient (Wildman–Crippen LogP) is 14.6. The van der Waals surface area contributed by atoms with Gasteiger partial charge >= 0.3 is 0 Å². The van der Waals surface area contributed by atoms with Crippen LogP contribution in [-0.4, -0.2) is 135 Å². The average molecular weight is 978 g/mol. The summed E-state index contributed by atoms with van der Waals surface area (Å²) in [6.45, 7) is 18.8. The highest BCUT2D eigenvalue weighted by atomic mass is 32.1. The summed E-state index contributed by atoms with van der Waals surface area (Å²) in [5, 5.41) is 0. The molecule has 7 heteroatoms. The van der Waals surface area contributed by atoms with Crippen LogP contribution < -0.4 is 0 Å². The lowest BCUT2D eigenvalue weighted by molar-refractivity contribution is -0.893. The van der Waals surface area contributed by atoms with Gasteiger partial charge < -0.3 is 17.9 Å². The third kappa shape index (κ3) is 11.2. The van der Waals surface area contributed by atoms with Crippen LogP contribution in [0.25, 0.3) is 55.5 Å². The van der Waals surface area contributed by atoms with Gasteiger partial charge in [0.1, 0.15) is 11.0 Å². The summed E-state index contributed by atoms with van der Waals surface area (Å²) in [6, 6.07) is 38.4. The summed E-state index contributed by atoms with van der Waals surface area (Å²) in [5.41, 5.74) is 18.5. The summed E-state index contributed by atoms with van der Waals surface area (Å²) in [6.07, 6.45) is 14.5. The predicted molar refractivity (Wildman–Crippen MR) is 306 cm³/mol. The van der Waals surface area contributed by atoms with Crippen LogP contribution in [0.5, 0.6) is 0 Å². The molecule has 0 bridgehead atoms. The maximum absolute atomic E-state index is 5.16. The van der Waals surface area contributed by atoms with Crippen LogP contribution in [0.15, 0.2) is 97.1 Å². The van der Waals surface area contributed by atoms with Crippen LogP contribution in [0, 0.1) is 0 Å². The van der Waals surface area contributed by atoms with E-state index in [0.717, 1.165) is 80.8 Å². The smallest absolute Gasteiger partial charge is 0.113 e. The van der Waals surface area contributed by atoms with Crippen LogP contribution in [0.3, 0.4) is 0 Å². The number of aromatic nitrogens is 2. The topological polar surface area (TPSA) is 25.8 Å². The van der Waals surface area contributed by atoms with E-state index in [4.69, 9.17) is 8.75 Å². The Hall–Kier alpha value is -4.24. The lowest BCUT2D eigenvalue weighted by Gasteiger charge is -2.40. The van der Waals surface area contributed by atoms with Crippen LogP contribution in [0.4, 0.5) is 0 Å². The molecule has 0 aliphatic heterocycles. The summed E-state index contributed by atoms with van der Waals surface area (Å²) >= 11 is 1.36. The van der Waals surface area contributed by atoms with Crippen molar-refractivity contribution in [1.29, 1.82) is 0 Å². The van der Waals surface area contributed by atoms with E-state index in [1.165, 1.54) is 156 Å². The third-order valence-corrected chi connectivity index (χ3v) is 18.1. The molecule has 0 radical (unpaired) electrons. The molecule has 1 aromatic heterocycles. The molecule has 8 rings (SSSR count). The van der Waals surface area contributed by atoms with Crippen molar-refractivity contribution >= 4 is 22.8 Å². The van der Waals surface area contributed by atoms with Crippen molar-refractivity contribution in [2.45, 2.75) is 116 Å². The van der Waals surface area contributed by atoms with E-state index in [0.29, 0.717) is 0 Å². The zero-order valence-electron chi connectivity index (χ0n) is 46.5. The lowest BCUT2D eigenvalue weighted by atomic mass is 9.71. The summed E-state index contributed by atoms with van der Waals surface area (Å²) < 4.78 is 14.5. The molecule has 0 saturated heterocycles. The van der Waals surface area contributed by atoms with Gasteiger partial charge in [0.15, 0.2) is 0 Å². The molecule has 71 heavy (non-hydrogen) atoms. The van der Waals surface area contributed by atoms with Gasteiger partial charge in [-0.1, -0.05) is 138 Å². The second kappa shape index (κ2) is 21.7. The second-order valence-electron chi connectivity index (χ2n) is 24.8. The largest absolute Gasteiger partial charge is 0.328 e. The molecule has 0 spiro atoms. The first-order chi connectivity index (χ1) is 33.9. The van der Waals surface area contributed by atoms with E-state index in [-0.39, 0.29) is 10.8 Å². The number of fused-ring (bicyclic) bond motifs is 7. The Labute approximate surface area is 435 Å². The molecule has 380 valence electrons. The highest BCUT2D eigenvalue weighted by molar-refractivity contribution is 7.00. The first-order valence-electron chi connectivity index (χ1n) is 28.0. The minimum Gasteiger partial charge on any atom is -0.328 e. The number of hydrogen-bond donors (Lipinski definition) is 0. The van der Waals surface area contributed by atoms with E-state index < -0.39 is 0 Å². The Balaban J connectivity index is 1.22. The van der Waals surface area contributed by atoms with Crippen LogP contribution in [0.2, 0.25) is 0 Å². The standard InChI is InChI=1S/C64H92N6S/c1-13-17-39-67(5,6)43-35-63(36-44-68(7,8)40-18-14-2)57-27-23-21-25-53(57)55-31-29-49(47-59(55)63)51-33-34-52(62-61(51)65-71-66-62)50-30-32-56-54-26-22-24-28-58(54)64(60(56)48-50,37-45-69(9,10)41-19-15-3)38-46-70(11,12)42-20-16-4/h21-34,47-48H,13-20,35-46H2,1-12H3/q+4. The van der Waals surface area contributed by atoms with Gasteiger partial charge in [0.2, 0.25) is 0 Å². The van der Waals surface area contributed by atoms with Crippen molar-refractivity contribution in [2.24, 2.45) is 0 Å². The van der Waals surface area contributed by atoms with Gasteiger partial charge in [-0.3, -0.25) is 0 Å². The van der Waals surface area contributed by atoms with Crippen molar-refractivity contribution in [1.82, 2.24) is 8.75 Å². The molecule has 0 saturated carbocycles. The minimum atomic E-state index is -0.0759. The van der Waals surface area contributed by atoms with Crippen molar-refractivity contribution in [3.8, 4) is 44.5 Å². The van der Waals surface area contributed by atoms with Gasteiger partial charge in [0.05, 0.1) is 120 Å². The number of unbranched alkanes of at least 4 members (excludes halogenated alkanes) is 4. The molecule has 5 aromatic carbocycles. The summed E-state index contributed by atoms with van der Waals surface area (Å²) in [7, 11) is 19.7. The molecule has 2 aliphatic carbocycles. The quantitative estimate of drug-likeness (QED) is 0.0506. The monoisotopic (exact) mass is 977 g/mol. The molecule has 0 amide bonds. The number of quaternary nitrogens is 4. The number of nitrogens with zero attached hydrogens (tertiary/aromatic N) is 6. The van der Waals surface area contributed by atoms with E-state index in [1.807, 2.05) is 0 Å². The highest BCUT2D eigenvalue weighted by Crippen LogP contribution is 2.56. The van der Waals surface area contributed by atoms with Gasteiger partial charge in [0, 0.05) is 47.6 Å². The fourth-order valence-electron chi connectivity index (χ4n) is 12.7. The second-order valence-corrected chi connectivity index (χ2v) is 25.4. The molecule has 1 heterocycles. The molecule has 2 aliphatic rings. The molecule has 0 unspecified atom stereocenters. The summed E-state index contributed by atoms with van der Waals surface area (Å²) in [5.74, 6) is 0. The van der Waals surface area contributed by atoms with Gasteiger partial charge in [-0.15, -0.1) is 0 Å². The molecule has 0 N–H and O–H groups in total. The fraction of sp³-hybridized carbons (Fsp3) is 0.531. The Morgan fingerprint density at radius 3 is 0.972 bits per heavy atom. The summed E-state index contributed by atoms with van der Waals surface area (Å²) in [4.78, 5) is 0. The minimum absolute atomic E-state index is 0.0759. The van der Waals surface area contributed by atoms with Gasteiger partial charge in [0.25, 0.3) is 0 Å². The molecular formula is C64H92N6S+4.